The third-order valence-electron chi connectivity index (χ3n) is 5.14. The SMILES string of the molecule is CC1(c2ccccc2)CCCN(C(=O)CC(N)c2ccccc2)C1.Cl. The second kappa shape index (κ2) is 8.50. The normalized spacial score (nSPS) is 21.3. The number of piperidine rings is 1. The molecule has 2 unspecified atom stereocenters. The molecule has 1 aliphatic rings. The number of likely N-dealkylation sites (tertiary alicyclic amines) is 1. The van der Waals surface area contributed by atoms with Gasteiger partial charge in [-0.25, -0.2) is 0 Å². The molecule has 0 spiro atoms. The van der Waals surface area contributed by atoms with Crippen molar-refractivity contribution in [3.8, 4) is 0 Å². The summed E-state index contributed by atoms with van der Waals surface area (Å²) in [6.45, 7) is 3.87. The Morgan fingerprint density at radius 2 is 1.72 bits per heavy atom. The van der Waals surface area contributed by atoms with Gasteiger partial charge in [0, 0.05) is 31.0 Å². The van der Waals surface area contributed by atoms with Crippen LogP contribution in [-0.4, -0.2) is 23.9 Å². The number of amides is 1. The number of carbonyl (C=O) groups excluding carboxylic acids is 1. The van der Waals surface area contributed by atoms with Gasteiger partial charge in [0.05, 0.1) is 0 Å². The maximum absolute atomic E-state index is 12.7. The van der Waals surface area contributed by atoms with Gasteiger partial charge in [-0.3, -0.25) is 4.79 Å². The number of nitrogens with two attached hydrogens (primary N) is 1. The summed E-state index contributed by atoms with van der Waals surface area (Å²) in [6, 6.07) is 20.2. The highest BCUT2D eigenvalue weighted by atomic mass is 35.5. The Balaban J connectivity index is 0.00000225. The number of hydrogen-bond acceptors (Lipinski definition) is 2. The molecule has 0 aliphatic carbocycles. The molecule has 1 heterocycles. The molecule has 1 fully saturated rings. The lowest BCUT2D eigenvalue weighted by molar-refractivity contribution is -0.133. The van der Waals surface area contributed by atoms with E-state index >= 15 is 0 Å². The first-order chi connectivity index (χ1) is 11.6. The number of halogens is 1. The van der Waals surface area contributed by atoms with Crippen LogP contribution in [-0.2, 0) is 10.2 Å². The van der Waals surface area contributed by atoms with E-state index < -0.39 is 0 Å². The Labute approximate surface area is 156 Å². The molecule has 2 aromatic carbocycles. The van der Waals surface area contributed by atoms with Crippen LogP contribution >= 0.6 is 12.4 Å². The molecule has 1 aliphatic heterocycles. The minimum Gasteiger partial charge on any atom is -0.342 e. The summed E-state index contributed by atoms with van der Waals surface area (Å²) in [4.78, 5) is 14.7. The summed E-state index contributed by atoms with van der Waals surface area (Å²) in [5, 5.41) is 0. The van der Waals surface area contributed by atoms with E-state index in [4.69, 9.17) is 5.73 Å². The lowest BCUT2D eigenvalue weighted by Gasteiger charge is -2.41. The fourth-order valence-electron chi connectivity index (χ4n) is 3.66. The van der Waals surface area contributed by atoms with Gasteiger partial charge in [-0.15, -0.1) is 12.4 Å². The summed E-state index contributed by atoms with van der Waals surface area (Å²) in [5.41, 5.74) is 8.60. The van der Waals surface area contributed by atoms with Gasteiger partial charge in [-0.05, 0) is 24.0 Å². The Morgan fingerprint density at radius 1 is 1.12 bits per heavy atom. The molecule has 1 amide bonds. The fraction of sp³-hybridized carbons (Fsp3) is 0.381. The summed E-state index contributed by atoms with van der Waals surface area (Å²) in [7, 11) is 0. The average Bonchev–Trinajstić information content (AvgIpc) is 2.63. The monoisotopic (exact) mass is 358 g/mol. The van der Waals surface area contributed by atoms with Crippen molar-refractivity contribution in [2.45, 2.75) is 37.6 Å². The Bertz CT molecular complexity index is 677. The highest BCUT2D eigenvalue weighted by molar-refractivity contribution is 5.85. The molecule has 4 heteroatoms. The lowest BCUT2D eigenvalue weighted by atomic mass is 9.76. The fourth-order valence-corrected chi connectivity index (χ4v) is 3.66. The van der Waals surface area contributed by atoms with Crippen molar-refractivity contribution in [3.05, 3.63) is 71.8 Å². The molecule has 2 aromatic rings. The van der Waals surface area contributed by atoms with Gasteiger partial charge < -0.3 is 10.6 Å². The standard InChI is InChI=1S/C21H26N2O.ClH/c1-21(18-11-6-3-7-12-18)13-8-14-23(16-21)20(24)15-19(22)17-9-4-2-5-10-17;/h2-7,9-12,19H,8,13-16,22H2,1H3;1H. The largest absolute Gasteiger partial charge is 0.342 e. The molecule has 2 N–H and O–H groups in total. The van der Waals surface area contributed by atoms with Crippen LogP contribution in [0.25, 0.3) is 0 Å². The van der Waals surface area contributed by atoms with Gasteiger partial charge in [0.1, 0.15) is 0 Å². The molecule has 3 rings (SSSR count). The van der Waals surface area contributed by atoms with Crippen LogP contribution in [0.4, 0.5) is 0 Å². The van der Waals surface area contributed by atoms with Crippen molar-refractivity contribution >= 4 is 18.3 Å². The number of benzene rings is 2. The van der Waals surface area contributed by atoms with Crippen LogP contribution in [0.3, 0.4) is 0 Å². The first-order valence-electron chi connectivity index (χ1n) is 8.72. The van der Waals surface area contributed by atoms with Gasteiger partial charge in [0.15, 0.2) is 0 Å². The van der Waals surface area contributed by atoms with E-state index in [1.54, 1.807) is 0 Å². The highest BCUT2D eigenvalue weighted by Gasteiger charge is 2.34. The summed E-state index contributed by atoms with van der Waals surface area (Å²) in [6.07, 6.45) is 2.53. The van der Waals surface area contributed by atoms with Crippen LogP contribution < -0.4 is 5.73 Å². The van der Waals surface area contributed by atoms with Crippen molar-refractivity contribution in [2.75, 3.05) is 13.1 Å². The molecule has 0 bridgehead atoms. The van der Waals surface area contributed by atoms with Gasteiger partial charge in [-0.1, -0.05) is 67.6 Å². The molecule has 1 saturated heterocycles. The van der Waals surface area contributed by atoms with Gasteiger partial charge in [-0.2, -0.15) is 0 Å². The number of nitrogens with zero attached hydrogens (tertiary/aromatic N) is 1. The quantitative estimate of drug-likeness (QED) is 0.895. The maximum Gasteiger partial charge on any atom is 0.224 e. The third-order valence-corrected chi connectivity index (χ3v) is 5.14. The molecule has 0 aromatic heterocycles. The first-order valence-corrected chi connectivity index (χ1v) is 8.72. The smallest absolute Gasteiger partial charge is 0.224 e. The van der Waals surface area contributed by atoms with E-state index in [0.29, 0.717) is 6.42 Å². The summed E-state index contributed by atoms with van der Waals surface area (Å²) >= 11 is 0. The zero-order valence-corrected chi connectivity index (χ0v) is 15.5. The predicted octanol–water partition coefficient (Wildman–Crippen LogP) is 4.08. The minimum atomic E-state index is -0.233. The highest BCUT2D eigenvalue weighted by Crippen LogP contribution is 2.34. The van der Waals surface area contributed by atoms with Crippen molar-refractivity contribution < 1.29 is 4.79 Å². The number of rotatable bonds is 4. The molecular formula is C21H27ClN2O. The van der Waals surface area contributed by atoms with Crippen LogP contribution in [0, 0.1) is 0 Å². The summed E-state index contributed by atoms with van der Waals surface area (Å²) < 4.78 is 0. The van der Waals surface area contributed by atoms with Crippen LogP contribution in [0.2, 0.25) is 0 Å². The second-order valence-corrected chi connectivity index (χ2v) is 7.07. The first kappa shape index (κ1) is 19.5. The van der Waals surface area contributed by atoms with E-state index in [-0.39, 0.29) is 29.8 Å². The molecule has 134 valence electrons. The minimum absolute atomic E-state index is 0. The van der Waals surface area contributed by atoms with E-state index in [0.717, 1.165) is 31.5 Å². The molecule has 25 heavy (non-hydrogen) atoms. The molecule has 3 nitrogen and oxygen atoms in total. The van der Waals surface area contributed by atoms with Crippen molar-refractivity contribution in [1.82, 2.24) is 4.90 Å². The van der Waals surface area contributed by atoms with Crippen molar-refractivity contribution in [1.29, 1.82) is 0 Å². The van der Waals surface area contributed by atoms with E-state index in [1.807, 2.05) is 41.3 Å². The van der Waals surface area contributed by atoms with Crippen LogP contribution in [0.15, 0.2) is 60.7 Å². The van der Waals surface area contributed by atoms with E-state index in [9.17, 15) is 4.79 Å². The van der Waals surface area contributed by atoms with Crippen LogP contribution in [0.1, 0.15) is 43.4 Å². The van der Waals surface area contributed by atoms with Gasteiger partial charge >= 0.3 is 0 Å². The van der Waals surface area contributed by atoms with Gasteiger partial charge in [0.25, 0.3) is 0 Å². The number of hydrogen-bond donors (Lipinski definition) is 1. The summed E-state index contributed by atoms with van der Waals surface area (Å²) in [5.74, 6) is 0.160. The van der Waals surface area contributed by atoms with Crippen LogP contribution in [0.5, 0.6) is 0 Å². The van der Waals surface area contributed by atoms with E-state index in [2.05, 4.69) is 31.2 Å². The number of carbonyl (C=O) groups is 1. The van der Waals surface area contributed by atoms with Gasteiger partial charge in [0.2, 0.25) is 5.91 Å². The topological polar surface area (TPSA) is 46.3 Å². The van der Waals surface area contributed by atoms with Crippen molar-refractivity contribution in [2.24, 2.45) is 5.73 Å². The second-order valence-electron chi connectivity index (χ2n) is 7.07. The zero-order chi connectivity index (χ0) is 17.0. The average molecular weight is 359 g/mol. The Hall–Kier alpha value is -1.84. The predicted molar refractivity (Wildman–Crippen MR) is 105 cm³/mol. The molecule has 0 radical (unpaired) electrons. The molecule has 0 saturated carbocycles. The van der Waals surface area contributed by atoms with Crippen molar-refractivity contribution in [3.63, 3.8) is 0 Å². The zero-order valence-electron chi connectivity index (χ0n) is 14.7. The molecule has 2 atom stereocenters. The van der Waals surface area contributed by atoms with E-state index in [1.165, 1.54) is 5.56 Å². The Kier molecular flexibility index (Phi) is 6.63. The third kappa shape index (κ3) is 4.62. The Morgan fingerprint density at radius 3 is 2.36 bits per heavy atom. The molecular weight excluding hydrogens is 332 g/mol. The lowest BCUT2D eigenvalue weighted by Crippen LogP contribution is -2.47. The maximum atomic E-state index is 12.7.